The van der Waals surface area contributed by atoms with Gasteiger partial charge in [0, 0.05) is 44.8 Å². The lowest BCUT2D eigenvalue weighted by Crippen LogP contribution is -2.11. The number of hydrogen-bond acceptors (Lipinski definition) is 6. The van der Waals surface area contributed by atoms with Gasteiger partial charge in [0.15, 0.2) is 11.6 Å². The van der Waals surface area contributed by atoms with Crippen LogP contribution in [-0.4, -0.2) is 38.7 Å². The van der Waals surface area contributed by atoms with Crippen molar-refractivity contribution in [2.45, 2.75) is 6.54 Å². The summed E-state index contributed by atoms with van der Waals surface area (Å²) in [7, 11) is 3.95. The number of aromatic nitrogens is 5. The molecule has 0 fully saturated rings. The molecule has 1 N–H and O–H groups in total. The van der Waals surface area contributed by atoms with Crippen molar-refractivity contribution in [1.82, 2.24) is 24.6 Å². The molecule has 3 aromatic heterocycles. The van der Waals surface area contributed by atoms with Crippen molar-refractivity contribution < 1.29 is 0 Å². The predicted molar refractivity (Wildman–Crippen MR) is 102 cm³/mol. The Morgan fingerprint density at radius 1 is 1.00 bits per heavy atom. The molecule has 0 saturated carbocycles. The highest BCUT2D eigenvalue weighted by atomic mass is 15.3. The van der Waals surface area contributed by atoms with E-state index in [1.165, 1.54) is 0 Å². The maximum Gasteiger partial charge on any atom is 0.203 e. The lowest BCUT2D eigenvalue weighted by molar-refractivity contribution is 1.03. The van der Waals surface area contributed by atoms with Crippen LogP contribution in [0, 0.1) is 0 Å². The lowest BCUT2D eigenvalue weighted by Gasteiger charge is -2.12. The van der Waals surface area contributed by atoms with Gasteiger partial charge in [0.25, 0.3) is 0 Å². The number of fused-ring (bicyclic) bond motifs is 1. The van der Waals surface area contributed by atoms with E-state index in [1.807, 2.05) is 78.3 Å². The molecule has 0 spiro atoms. The van der Waals surface area contributed by atoms with E-state index in [0.717, 1.165) is 22.8 Å². The van der Waals surface area contributed by atoms with E-state index < -0.39 is 0 Å². The number of benzene rings is 1. The summed E-state index contributed by atoms with van der Waals surface area (Å²) in [5.41, 5.74) is 2.84. The number of rotatable bonds is 5. The van der Waals surface area contributed by atoms with Gasteiger partial charge in [-0.05, 0) is 17.7 Å². The molecule has 0 unspecified atom stereocenters. The number of nitrogens with zero attached hydrogens (tertiary/aromatic N) is 6. The summed E-state index contributed by atoms with van der Waals surface area (Å²) < 4.78 is 1.95. The predicted octanol–water partition coefficient (Wildman–Crippen LogP) is 2.86. The van der Waals surface area contributed by atoms with E-state index in [9.17, 15) is 0 Å². The summed E-state index contributed by atoms with van der Waals surface area (Å²) >= 11 is 0. The van der Waals surface area contributed by atoms with Crippen LogP contribution >= 0.6 is 0 Å². The molecule has 0 atom stereocenters. The minimum atomic E-state index is 0.629. The van der Waals surface area contributed by atoms with Gasteiger partial charge in [0.05, 0.1) is 0 Å². The van der Waals surface area contributed by atoms with Gasteiger partial charge in [-0.3, -0.25) is 4.40 Å². The van der Waals surface area contributed by atoms with Crippen LogP contribution in [0.1, 0.15) is 5.56 Å². The summed E-state index contributed by atoms with van der Waals surface area (Å²) in [5.74, 6) is 2.42. The molecule has 0 amide bonds. The fraction of sp³-hybridized carbons (Fsp3) is 0.158. The topological polar surface area (TPSA) is 71.2 Å². The van der Waals surface area contributed by atoms with E-state index in [1.54, 1.807) is 6.20 Å². The highest BCUT2D eigenvalue weighted by Gasteiger charge is 2.11. The highest BCUT2D eigenvalue weighted by Crippen LogP contribution is 2.21. The summed E-state index contributed by atoms with van der Waals surface area (Å²) in [6.07, 6.45) is 5.44. The molecule has 0 saturated heterocycles. The largest absolute Gasteiger partial charge is 0.363 e. The van der Waals surface area contributed by atoms with Crippen molar-refractivity contribution >= 4 is 17.3 Å². The highest BCUT2D eigenvalue weighted by molar-refractivity contribution is 5.67. The first-order valence-electron chi connectivity index (χ1n) is 8.33. The molecule has 1 aromatic carbocycles. The van der Waals surface area contributed by atoms with Crippen LogP contribution in [0.3, 0.4) is 0 Å². The van der Waals surface area contributed by atoms with Crippen LogP contribution in [0.2, 0.25) is 0 Å². The first-order chi connectivity index (χ1) is 12.7. The van der Waals surface area contributed by atoms with Crippen molar-refractivity contribution in [3.05, 3.63) is 66.6 Å². The molecule has 3 heterocycles. The van der Waals surface area contributed by atoms with E-state index >= 15 is 0 Å². The van der Waals surface area contributed by atoms with Crippen molar-refractivity contribution in [1.29, 1.82) is 0 Å². The molecule has 130 valence electrons. The Bertz CT molecular complexity index is 1020. The zero-order valence-electron chi connectivity index (χ0n) is 14.7. The van der Waals surface area contributed by atoms with Crippen LogP contribution in [0.5, 0.6) is 0 Å². The number of hydrogen-bond donors (Lipinski definition) is 1. The van der Waals surface area contributed by atoms with Crippen LogP contribution in [-0.2, 0) is 6.54 Å². The number of anilines is 2. The first kappa shape index (κ1) is 16.0. The smallest absolute Gasteiger partial charge is 0.203 e. The van der Waals surface area contributed by atoms with Gasteiger partial charge >= 0.3 is 0 Å². The van der Waals surface area contributed by atoms with Gasteiger partial charge in [0.1, 0.15) is 5.82 Å². The Kier molecular flexibility index (Phi) is 4.18. The number of pyridine rings is 1. The molecule has 26 heavy (non-hydrogen) atoms. The Morgan fingerprint density at radius 2 is 1.85 bits per heavy atom. The molecule has 0 aliphatic carbocycles. The molecule has 7 nitrogen and oxygen atoms in total. The minimum absolute atomic E-state index is 0.629. The molecule has 7 heteroatoms. The molecule has 0 aliphatic rings. The Balaban J connectivity index is 1.62. The molecular weight excluding hydrogens is 326 g/mol. The summed E-state index contributed by atoms with van der Waals surface area (Å²) in [6, 6.07) is 14.0. The molecule has 4 rings (SSSR count). The Hall–Kier alpha value is -3.48. The van der Waals surface area contributed by atoms with Gasteiger partial charge in [-0.2, -0.15) is 0 Å². The molecule has 0 aliphatic heterocycles. The second-order valence-electron chi connectivity index (χ2n) is 6.13. The van der Waals surface area contributed by atoms with Gasteiger partial charge < -0.3 is 10.2 Å². The third kappa shape index (κ3) is 3.06. The van der Waals surface area contributed by atoms with Crippen molar-refractivity contribution in [3.63, 3.8) is 0 Å². The fourth-order valence-corrected chi connectivity index (χ4v) is 2.74. The number of nitrogens with one attached hydrogen (secondary N) is 1. The standard InChI is InChI=1S/C19H19N7/c1-25(2)16-12-14(8-9-20-16)13-22-17-19-24-23-18(26(19)11-10-21-17)15-6-4-3-5-7-15/h3-12H,13H2,1-2H3,(H,21,22). The molecule has 0 bridgehead atoms. The van der Waals surface area contributed by atoms with Gasteiger partial charge in [-0.1, -0.05) is 30.3 Å². The second kappa shape index (κ2) is 6.79. The maximum absolute atomic E-state index is 4.43. The SMILES string of the molecule is CN(C)c1cc(CNc2nccn3c(-c4ccccc4)nnc23)ccn1. The zero-order valence-corrected chi connectivity index (χ0v) is 14.7. The first-order valence-corrected chi connectivity index (χ1v) is 8.33. The van der Waals surface area contributed by atoms with Crippen LogP contribution < -0.4 is 10.2 Å². The lowest BCUT2D eigenvalue weighted by atomic mass is 10.2. The summed E-state index contributed by atoms with van der Waals surface area (Å²) in [5, 5.41) is 12.0. The van der Waals surface area contributed by atoms with Crippen molar-refractivity contribution in [3.8, 4) is 11.4 Å². The van der Waals surface area contributed by atoms with Gasteiger partial charge in [-0.15, -0.1) is 10.2 Å². The Morgan fingerprint density at radius 3 is 2.65 bits per heavy atom. The summed E-state index contributed by atoms with van der Waals surface area (Å²) in [4.78, 5) is 10.7. The maximum atomic E-state index is 4.43. The van der Waals surface area contributed by atoms with Crippen molar-refractivity contribution in [2.75, 3.05) is 24.3 Å². The molecule has 0 radical (unpaired) electrons. The second-order valence-corrected chi connectivity index (χ2v) is 6.13. The van der Waals surface area contributed by atoms with Crippen LogP contribution in [0.4, 0.5) is 11.6 Å². The molecular formula is C19H19N7. The fourth-order valence-electron chi connectivity index (χ4n) is 2.74. The van der Waals surface area contributed by atoms with Gasteiger partial charge in [-0.25, -0.2) is 9.97 Å². The van der Waals surface area contributed by atoms with Crippen LogP contribution in [0.25, 0.3) is 17.0 Å². The van der Waals surface area contributed by atoms with Gasteiger partial charge in [0.2, 0.25) is 5.65 Å². The third-order valence-electron chi connectivity index (χ3n) is 4.09. The van der Waals surface area contributed by atoms with Crippen LogP contribution in [0.15, 0.2) is 61.1 Å². The van der Waals surface area contributed by atoms with E-state index in [0.29, 0.717) is 18.0 Å². The normalized spacial score (nSPS) is 10.8. The van der Waals surface area contributed by atoms with E-state index in [2.05, 4.69) is 25.5 Å². The third-order valence-corrected chi connectivity index (χ3v) is 4.09. The average Bonchev–Trinajstić information content (AvgIpc) is 3.12. The van der Waals surface area contributed by atoms with E-state index in [4.69, 9.17) is 0 Å². The minimum Gasteiger partial charge on any atom is -0.363 e. The quantitative estimate of drug-likeness (QED) is 0.600. The monoisotopic (exact) mass is 345 g/mol. The zero-order chi connectivity index (χ0) is 17.9. The van der Waals surface area contributed by atoms with Crippen molar-refractivity contribution in [2.24, 2.45) is 0 Å². The molecule has 4 aromatic rings. The Labute approximate surface area is 151 Å². The average molecular weight is 345 g/mol. The summed E-state index contributed by atoms with van der Waals surface area (Å²) in [6.45, 7) is 0.629. The van der Waals surface area contributed by atoms with E-state index in [-0.39, 0.29) is 0 Å².